The first-order chi connectivity index (χ1) is 8.61. The summed E-state index contributed by atoms with van der Waals surface area (Å²) in [6, 6.07) is 7.63. The largest absolute Gasteiger partial charge is 0.271 e. The predicted molar refractivity (Wildman–Crippen MR) is 79.3 cm³/mol. The molecule has 0 aliphatic rings. The Bertz CT molecular complexity index is 540. The van der Waals surface area contributed by atoms with E-state index in [1.807, 2.05) is 12.1 Å². The lowest BCUT2D eigenvalue weighted by Crippen LogP contribution is -2.29. The molecule has 0 bridgehead atoms. The van der Waals surface area contributed by atoms with E-state index in [0.29, 0.717) is 10.0 Å². The first kappa shape index (κ1) is 13.8. The number of hydrogen-bond acceptors (Lipinski definition) is 3. The number of thiophene rings is 1. The summed E-state index contributed by atoms with van der Waals surface area (Å²) in [7, 11) is 0. The normalized spacial score (nSPS) is 12.7. The van der Waals surface area contributed by atoms with Gasteiger partial charge < -0.3 is 0 Å². The van der Waals surface area contributed by atoms with Gasteiger partial charge in [0.2, 0.25) is 0 Å². The first-order valence-electron chi connectivity index (χ1n) is 5.56. The minimum atomic E-state index is 0.0565. The summed E-state index contributed by atoms with van der Waals surface area (Å²) in [6.45, 7) is 2.08. The van der Waals surface area contributed by atoms with Crippen LogP contribution in [0.3, 0.4) is 0 Å². The number of hydrazine groups is 1. The number of nitrogens with one attached hydrogen (secondary N) is 1. The average molecular weight is 301 g/mol. The number of nitrogens with two attached hydrogens (primary N) is 1. The van der Waals surface area contributed by atoms with Crippen molar-refractivity contribution < 1.29 is 0 Å². The van der Waals surface area contributed by atoms with Crippen LogP contribution < -0.4 is 11.3 Å². The van der Waals surface area contributed by atoms with E-state index >= 15 is 0 Å². The summed E-state index contributed by atoms with van der Waals surface area (Å²) in [5.41, 5.74) is 5.09. The molecule has 0 aliphatic carbocycles. The molecular weight excluding hydrogens is 287 g/mol. The minimum absolute atomic E-state index is 0.0565. The lowest BCUT2D eigenvalue weighted by molar-refractivity contribution is 0.558. The predicted octanol–water partition coefficient (Wildman–Crippen LogP) is 4.11. The maximum absolute atomic E-state index is 6.17. The van der Waals surface area contributed by atoms with E-state index in [0.717, 1.165) is 12.0 Å². The van der Waals surface area contributed by atoms with Crippen molar-refractivity contribution in [2.45, 2.75) is 19.4 Å². The standard InChI is InChI=1S/C13H14Cl2N2S/c1-8-4-5-18-13(8)12(17-16)7-9-6-10(14)2-3-11(9)15/h2-6,12,17H,7,16H2,1H3. The molecule has 1 aromatic carbocycles. The van der Waals surface area contributed by atoms with Gasteiger partial charge in [-0.25, -0.2) is 0 Å². The lowest BCUT2D eigenvalue weighted by atomic mass is 10.0. The van der Waals surface area contributed by atoms with Gasteiger partial charge in [-0.1, -0.05) is 23.2 Å². The molecule has 2 nitrogen and oxygen atoms in total. The molecule has 5 heteroatoms. The highest BCUT2D eigenvalue weighted by molar-refractivity contribution is 7.10. The van der Waals surface area contributed by atoms with Gasteiger partial charge >= 0.3 is 0 Å². The zero-order chi connectivity index (χ0) is 13.1. The fourth-order valence-corrected chi connectivity index (χ4v) is 3.27. The second-order valence-electron chi connectivity index (χ2n) is 4.13. The van der Waals surface area contributed by atoms with Crippen LogP contribution in [-0.2, 0) is 6.42 Å². The Morgan fingerprint density at radius 2 is 2.11 bits per heavy atom. The third-order valence-electron chi connectivity index (χ3n) is 2.85. The first-order valence-corrected chi connectivity index (χ1v) is 7.19. The molecule has 0 saturated carbocycles. The van der Waals surface area contributed by atoms with Crippen LogP contribution >= 0.6 is 34.5 Å². The molecule has 0 spiro atoms. The van der Waals surface area contributed by atoms with Gasteiger partial charge in [-0.15, -0.1) is 11.3 Å². The van der Waals surface area contributed by atoms with Crippen molar-refractivity contribution in [1.82, 2.24) is 5.43 Å². The highest BCUT2D eigenvalue weighted by atomic mass is 35.5. The van der Waals surface area contributed by atoms with Crippen LogP contribution in [0.4, 0.5) is 0 Å². The van der Waals surface area contributed by atoms with Crippen LogP contribution in [0.15, 0.2) is 29.6 Å². The van der Waals surface area contributed by atoms with Crippen molar-refractivity contribution >= 4 is 34.5 Å². The van der Waals surface area contributed by atoms with E-state index in [4.69, 9.17) is 29.0 Å². The Labute approximate surface area is 121 Å². The van der Waals surface area contributed by atoms with Crippen LogP contribution in [0.1, 0.15) is 22.0 Å². The zero-order valence-electron chi connectivity index (χ0n) is 9.91. The molecule has 1 heterocycles. The molecule has 18 heavy (non-hydrogen) atoms. The second kappa shape index (κ2) is 6.04. The number of benzene rings is 1. The molecule has 0 amide bonds. The average Bonchev–Trinajstić information content (AvgIpc) is 2.77. The number of halogens is 2. The van der Waals surface area contributed by atoms with Gasteiger partial charge in [0.25, 0.3) is 0 Å². The molecule has 1 atom stereocenters. The summed E-state index contributed by atoms with van der Waals surface area (Å²) in [4.78, 5) is 1.23. The van der Waals surface area contributed by atoms with Gasteiger partial charge in [0, 0.05) is 14.9 Å². The van der Waals surface area contributed by atoms with Gasteiger partial charge in [-0.2, -0.15) is 0 Å². The summed E-state index contributed by atoms with van der Waals surface area (Å²) in [5.74, 6) is 5.65. The minimum Gasteiger partial charge on any atom is -0.271 e. The molecule has 0 radical (unpaired) electrons. The van der Waals surface area contributed by atoms with Crippen molar-refractivity contribution in [1.29, 1.82) is 0 Å². The lowest BCUT2D eigenvalue weighted by Gasteiger charge is -2.16. The monoisotopic (exact) mass is 300 g/mol. The molecule has 2 aromatic rings. The Morgan fingerprint density at radius 1 is 1.33 bits per heavy atom. The fourth-order valence-electron chi connectivity index (χ4n) is 1.89. The summed E-state index contributed by atoms with van der Waals surface area (Å²) in [5, 5.41) is 3.47. The van der Waals surface area contributed by atoms with E-state index in [2.05, 4.69) is 23.8 Å². The maximum Gasteiger partial charge on any atom is 0.0596 e. The van der Waals surface area contributed by atoms with E-state index in [1.165, 1.54) is 10.4 Å². The van der Waals surface area contributed by atoms with Crippen molar-refractivity contribution in [3.05, 3.63) is 55.7 Å². The van der Waals surface area contributed by atoms with Crippen LogP contribution in [0, 0.1) is 6.92 Å². The number of rotatable bonds is 4. The van der Waals surface area contributed by atoms with Crippen LogP contribution in [0.25, 0.3) is 0 Å². The van der Waals surface area contributed by atoms with Gasteiger partial charge in [0.05, 0.1) is 6.04 Å². The van der Waals surface area contributed by atoms with Crippen LogP contribution in [0.5, 0.6) is 0 Å². The molecule has 0 saturated heterocycles. The van der Waals surface area contributed by atoms with Gasteiger partial charge in [0.1, 0.15) is 0 Å². The summed E-state index contributed by atoms with van der Waals surface area (Å²) < 4.78 is 0. The van der Waals surface area contributed by atoms with Crippen molar-refractivity contribution in [2.75, 3.05) is 0 Å². The van der Waals surface area contributed by atoms with E-state index in [9.17, 15) is 0 Å². The Kier molecular flexibility index (Phi) is 4.65. The topological polar surface area (TPSA) is 38.0 Å². The second-order valence-corrected chi connectivity index (χ2v) is 5.92. The number of hydrogen-bond donors (Lipinski definition) is 2. The quantitative estimate of drug-likeness (QED) is 0.659. The van der Waals surface area contributed by atoms with Crippen molar-refractivity contribution in [3.8, 4) is 0 Å². The summed E-state index contributed by atoms with van der Waals surface area (Å²) >= 11 is 13.9. The third-order valence-corrected chi connectivity index (χ3v) is 4.59. The van der Waals surface area contributed by atoms with E-state index in [1.54, 1.807) is 17.4 Å². The van der Waals surface area contributed by atoms with Crippen molar-refractivity contribution in [2.24, 2.45) is 5.84 Å². The van der Waals surface area contributed by atoms with Crippen LogP contribution in [-0.4, -0.2) is 0 Å². The van der Waals surface area contributed by atoms with Crippen molar-refractivity contribution in [3.63, 3.8) is 0 Å². The van der Waals surface area contributed by atoms with Gasteiger partial charge in [0.15, 0.2) is 0 Å². The molecule has 1 unspecified atom stereocenters. The number of aryl methyl sites for hydroxylation is 1. The Morgan fingerprint density at radius 3 is 2.72 bits per heavy atom. The molecule has 3 N–H and O–H groups in total. The Hall–Kier alpha value is -0.580. The molecule has 1 aromatic heterocycles. The Balaban J connectivity index is 2.26. The van der Waals surface area contributed by atoms with E-state index in [-0.39, 0.29) is 6.04 Å². The van der Waals surface area contributed by atoms with E-state index < -0.39 is 0 Å². The van der Waals surface area contributed by atoms with Gasteiger partial charge in [-0.05, 0) is 54.1 Å². The molecule has 0 fully saturated rings. The zero-order valence-corrected chi connectivity index (χ0v) is 12.2. The third kappa shape index (κ3) is 3.05. The summed E-state index contributed by atoms with van der Waals surface area (Å²) in [6.07, 6.45) is 0.719. The molecular formula is C13H14Cl2N2S. The molecule has 96 valence electrons. The highest BCUT2D eigenvalue weighted by Crippen LogP contribution is 2.29. The SMILES string of the molecule is Cc1ccsc1C(Cc1cc(Cl)ccc1Cl)NN. The van der Waals surface area contributed by atoms with Crippen LogP contribution in [0.2, 0.25) is 10.0 Å². The van der Waals surface area contributed by atoms with Gasteiger partial charge in [-0.3, -0.25) is 11.3 Å². The molecule has 2 rings (SSSR count). The molecule has 0 aliphatic heterocycles. The highest BCUT2D eigenvalue weighted by Gasteiger charge is 2.16. The fraction of sp³-hybridized carbons (Fsp3) is 0.231. The maximum atomic E-state index is 6.17. The smallest absolute Gasteiger partial charge is 0.0596 e.